The van der Waals surface area contributed by atoms with Crippen LogP contribution in [0.25, 0.3) is 0 Å². The van der Waals surface area contributed by atoms with Gasteiger partial charge in [-0.15, -0.1) is 0 Å². The number of carbonyl (C=O) groups excluding carboxylic acids is 1. The number of nitrogens with one attached hydrogen (secondary N) is 1. The van der Waals surface area contributed by atoms with Gasteiger partial charge in [-0.05, 0) is 24.8 Å². The predicted molar refractivity (Wildman–Crippen MR) is 79.6 cm³/mol. The van der Waals surface area contributed by atoms with Crippen molar-refractivity contribution in [2.24, 2.45) is 5.73 Å². The van der Waals surface area contributed by atoms with Crippen molar-refractivity contribution in [1.82, 2.24) is 5.32 Å². The highest BCUT2D eigenvalue weighted by Crippen LogP contribution is 2.30. The maximum atomic E-state index is 12.0. The average Bonchev–Trinajstić information content (AvgIpc) is 2.95. The molecule has 1 aliphatic carbocycles. The Morgan fingerprint density at radius 3 is 2.43 bits per heavy atom. The Kier molecular flexibility index (Phi) is 4.96. The lowest BCUT2D eigenvalue weighted by Gasteiger charge is -2.25. The van der Waals surface area contributed by atoms with E-state index < -0.39 is 11.5 Å². The molecule has 1 unspecified atom stereocenters. The summed E-state index contributed by atoms with van der Waals surface area (Å²) in [5.74, 6) is -1.16. The average molecular weight is 290 g/mol. The molecule has 1 aliphatic rings. The minimum atomic E-state index is -1.06. The van der Waals surface area contributed by atoms with E-state index in [0.29, 0.717) is 19.3 Å². The van der Waals surface area contributed by atoms with Gasteiger partial charge in [-0.2, -0.15) is 0 Å². The summed E-state index contributed by atoms with van der Waals surface area (Å²) in [6.45, 7) is 0. The fourth-order valence-electron chi connectivity index (χ4n) is 2.85. The zero-order chi connectivity index (χ0) is 15.3. The molecule has 5 nitrogen and oxygen atoms in total. The lowest BCUT2D eigenvalue weighted by Crippen LogP contribution is -2.52. The number of hydrogen-bond acceptors (Lipinski definition) is 3. The Morgan fingerprint density at radius 2 is 1.86 bits per heavy atom. The van der Waals surface area contributed by atoms with Gasteiger partial charge in [0.25, 0.3) is 0 Å². The summed E-state index contributed by atoms with van der Waals surface area (Å²) in [5.41, 5.74) is 5.97. The maximum Gasteiger partial charge on any atom is 0.329 e. The highest BCUT2D eigenvalue weighted by Gasteiger charge is 2.42. The summed E-state index contributed by atoms with van der Waals surface area (Å²) in [6.07, 6.45) is 3.46. The summed E-state index contributed by atoms with van der Waals surface area (Å²) in [5, 5.41) is 12.0. The molecule has 0 aliphatic heterocycles. The van der Waals surface area contributed by atoms with Crippen LogP contribution in [0.15, 0.2) is 30.3 Å². The van der Waals surface area contributed by atoms with Gasteiger partial charge in [-0.25, -0.2) is 4.79 Å². The highest BCUT2D eigenvalue weighted by molar-refractivity contribution is 5.87. The number of rotatable bonds is 6. The first-order valence-electron chi connectivity index (χ1n) is 7.38. The smallest absolute Gasteiger partial charge is 0.329 e. The molecule has 1 atom stereocenters. The topological polar surface area (TPSA) is 92.4 Å². The van der Waals surface area contributed by atoms with E-state index in [0.717, 1.165) is 18.4 Å². The molecule has 0 heterocycles. The van der Waals surface area contributed by atoms with Crippen molar-refractivity contribution in [3.05, 3.63) is 35.9 Å². The number of nitrogens with two attached hydrogens (primary N) is 1. The number of amides is 1. The minimum Gasteiger partial charge on any atom is -0.480 e. The zero-order valence-electron chi connectivity index (χ0n) is 12.0. The van der Waals surface area contributed by atoms with Crippen LogP contribution in [0.1, 0.15) is 50.1 Å². The molecule has 0 saturated heterocycles. The molecule has 2 rings (SSSR count). The molecule has 1 fully saturated rings. The van der Waals surface area contributed by atoms with Crippen LogP contribution in [-0.2, 0) is 9.59 Å². The molecule has 0 aromatic heterocycles. The molecule has 1 saturated carbocycles. The van der Waals surface area contributed by atoms with E-state index >= 15 is 0 Å². The molecule has 1 aromatic rings. The normalized spacial score (nSPS) is 18.1. The quantitative estimate of drug-likeness (QED) is 0.747. The first kappa shape index (κ1) is 15.5. The third-order valence-electron chi connectivity index (χ3n) is 4.16. The van der Waals surface area contributed by atoms with E-state index in [1.807, 2.05) is 30.3 Å². The fraction of sp³-hybridized carbons (Fsp3) is 0.500. The predicted octanol–water partition coefficient (Wildman–Crippen LogP) is 1.98. The first-order chi connectivity index (χ1) is 10.0. The molecule has 114 valence electrons. The third kappa shape index (κ3) is 3.82. The van der Waals surface area contributed by atoms with Gasteiger partial charge >= 0.3 is 5.97 Å². The van der Waals surface area contributed by atoms with E-state index in [9.17, 15) is 14.7 Å². The van der Waals surface area contributed by atoms with Crippen molar-refractivity contribution in [1.29, 1.82) is 0 Å². The fourth-order valence-corrected chi connectivity index (χ4v) is 2.85. The van der Waals surface area contributed by atoms with Crippen LogP contribution in [0.5, 0.6) is 0 Å². The molecule has 4 N–H and O–H groups in total. The van der Waals surface area contributed by atoms with Gasteiger partial charge in [0.05, 0.1) is 0 Å². The van der Waals surface area contributed by atoms with Crippen LogP contribution in [0.4, 0.5) is 0 Å². The summed E-state index contributed by atoms with van der Waals surface area (Å²) >= 11 is 0. The summed E-state index contributed by atoms with van der Waals surface area (Å²) < 4.78 is 0. The van der Waals surface area contributed by atoms with E-state index in [1.165, 1.54) is 0 Å². The van der Waals surface area contributed by atoms with Crippen LogP contribution >= 0.6 is 0 Å². The monoisotopic (exact) mass is 290 g/mol. The van der Waals surface area contributed by atoms with Gasteiger partial charge in [0.2, 0.25) is 5.91 Å². The molecular formula is C16H22N2O3. The number of carboxylic acids is 1. The van der Waals surface area contributed by atoms with Gasteiger partial charge in [0, 0.05) is 12.5 Å². The SMILES string of the molecule is NC(CCC(=O)NC1(C(=O)O)CCCC1)c1ccccc1. The third-order valence-corrected chi connectivity index (χ3v) is 4.16. The molecule has 1 amide bonds. The van der Waals surface area contributed by atoms with E-state index in [4.69, 9.17) is 5.73 Å². The van der Waals surface area contributed by atoms with Crippen molar-refractivity contribution in [2.45, 2.75) is 50.1 Å². The van der Waals surface area contributed by atoms with Gasteiger partial charge in [0.15, 0.2) is 0 Å². The largest absolute Gasteiger partial charge is 0.480 e. The van der Waals surface area contributed by atoms with Crippen molar-refractivity contribution < 1.29 is 14.7 Å². The van der Waals surface area contributed by atoms with Gasteiger partial charge in [-0.1, -0.05) is 43.2 Å². The Morgan fingerprint density at radius 1 is 1.24 bits per heavy atom. The summed E-state index contributed by atoms with van der Waals surface area (Å²) in [4.78, 5) is 23.4. The van der Waals surface area contributed by atoms with Gasteiger partial charge in [-0.3, -0.25) is 4.79 Å². The number of benzene rings is 1. The Bertz CT molecular complexity index is 496. The molecule has 21 heavy (non-hydrogen) atoms. The number of hydrogen-bond donors (Lipinski definition) is 3. The van der Waals surface area contributed by atoms with Crippen LogP contribution in [0, 0.1) is 0 Å². The van der Waals surface area contributed by atoms with Crippen molar-refractivity contribution in [3.8, 4) is 0 Å². The number of aliphatic carboxylic acids is 1. The number of carboxylic acid groups (broad SMARTS) is 1. The van der Waals surface area contributed by atoms with Crippen LogP contribution in [0.2, 0.25) is 0 Å². The number of carbonyl (C=O) groups is 2. The Balaban J connectivity index is 1.86. The lowest BCUT2D eigenvalue weighted by molar-refractivity contribution is -0.147. The highest BCUT2D eigenvalue weighted by atomic mass is 16.4. The Hall–Kier alpha value is -1.88. The van der Waals surface area contributed by atoms with Crippen molar-refractivity contribution >= 4 is 11.9 Å². The molecule has 0 spiro atoms. The van der Waals surface area contributed by atoms with E-state index in [2.05, 4.69) is 5.32 Å². The zero-order valence-corrected chi connectivity index (χ0v) is 12.0. The van der Waals surface area contributed by atoms with Crippen molar-refractivity contribution in [3.63, 3.8) is 0 Å². The second-order valence-electron chi connectivity index (χ2n) is 5.70. The molecule has 0 bridgehead atoms. The summed E-state index contributed by atoms with van der Waals surface area (Å²) in [7, 11) is 0. The van der Waals surface area contributed by atoms with E-state index in [-0.39, 0.29) is 18.4 Å². The van der Waals surface area contributed by atoms with Crippen LogP contribution in [0.3, 0.4) is 0 Å². The summed E-state index contributed by atoms with van der Waals surface area (Å²) in [6, 6.07) is 9.39. The second-order valence-corrected chi connectivity index (χ2v) is 5.70. The second kappa shape index (κ2) is 6.72. The van der Waals surface area contributed by atoms with E-state index in [1.54, 1.807) is 0 Å². The van der Waals surface area contributed by atoms with Gasteiger partial charge in [0.1, 0.15) is 5.54 Å². The first-order valence-corrected chi connectivity index (χ1v) is 7.38. The molecule has 0 radical (unpaired) electrons. The molecule has 1 aromatic carbocycles. The van der Waals surface area contributed by atoms with Crippen LogP contribution < -0.4 is 11.1 Å². The molecule has 5 heteroatoms. The van der Waals surface area contributed by atoms with Crippen LogP contribution in [-0.4, -0.2) is 22.5 Å². The minimum absolute atomic E-state index is 0.207. The molecular weight excluding hydrogens is 268 g/mol. The van der Waals surface area contributed by atoms with Crippen molar-refractivity contribution in [2.75, 3.05) is 0 Å². The Labute approximate surface area is 124 Å². The lowest BCUT2D eigenvalue weighted by atomic mass is 9.97. The van der Waals surface area contributed by atoms with Gasteiger partial charge < -0.3 is 16.2 Å². The standard InChI is InChI=1S/C16H22N2O3/c17-13(12-6-2-1-3-7-12)8-9-14(19)18-16(15(20)21)10-4-5-11-16/h1-3,6-7,13H,4-5,8-11,17H2,(H,18,19)(H,20,21). The maximum absolute atomic E-state index is 12.0.